The summed E-state index contributed by atoms with van der Waals surface area (Å²) in [6.45, 7) is 4.06. The molecule has 0 spiro atoms. The number of hydrogen-bond acceptors (Lipinski definition) is 3. The van der Waals surface area contributed by atoms with Crippen molar-refractivity contribution in [2.24, 2.45) is 0 Å². The molecule has 19 heavy (non-hydrogen) atoms. The predicted octanol–water partition coefficient (Wildman–Crippen LogP) is 4.92. The van der Waals surface area contributed by atoms with E-state index in [1.807, 2.05) is 13.8 Å². The van der Waals surface area contributed by atoms with Crippen molar-refractivity contribution in [1.29, 1.82) is 0 Å². The second kappa shape index (κ2) is 5.65. The van der Waals surface area contributed by atoms with Gasteiger partial charge in [-0.15, -0.1) is 0 Å². The lowest BCUT2D eigenvalue weighted by molar-refractivity contribution is 0.811. The predicted molar refractivity (Wildman–Crippen MR) is 83.7 cm³/mol. The number of halogens is 3. The van der Waals surface area contributed by atoms with E-state index in [0.717, 1.165) is 10.2 Å². The molecule has 1 aromatic carbocycles. The van der Waals surface area contributed by atoms with Crippen LogP contribution in [0.1, 0.15) is 25.5 Å². The third-order valence-electron chi connectivity index (χ3n) is 2.64. The van der Waals surface area contributed by atoms with Crippen LogP contribution in [0.2, 0.25) is 10.0 Å². The van der Waals surface area contributed by atoms with Gasteiger partial charge in [-0.2, -0.15) is 0 Å². The van der Waals surface area contributed by atoms with E-state index in [2.05, 4.69) is 25.9 Å². The molecule has 1 aromatic heterocycles. The Balaban J connectivity index is 2.70. The molecule has 3 nitrogen and oxygen atoms in total. The van der Waals surface area contributed by atoms with E-state index >= 15 is 0 Å². The Morgan fingerprint density at radius 2 is 1.74 bits per heavy atom. The fourth-order valence-electron chi connectivity index (χ4n) is 1.69. The molecule has 0 aliphatic rings. The quantitative estimate of drug-likeness (QED) is 0.826. The molecule has 0 unspecified atom stereocenters. The lowest BCUT2D eigenvalue weighted by atomic mass is 10.1. The van der Waals surface area contributed by atoms with Gasteiger partial charge < -0.3 is 5.73 Å². The molecule has 6 heteroatoms. The van der Waals surface area contributed by atoms with Gasteiger partial charge in [0.1, 0.15) is 5.82 Å². The Kier molecular flexibility index (Phi) is 4.33. The van der Waals surface area contributed by atoms with E-state index in [-0.39, 0.29) is 5.92 Å². The average Bonchev–Trinajstić information content (AvgIpc) is 2.32. The largest absolute Gasteiger partial charge is 0.383 e. The molecule has 0 saturated carbocycles. The molecule has 1 heterocycles. The summed E-state index contributed by atoms with van der Waals surface area (Å²) in [5, 5.41) is 1.01. The van der Waals surface area contributed by atoms with E-state index in [9.17, 15) is 0 Å². The van der Waals surface area contributed by atoms with Crippen LogP contribution in [0.3, 0.4) is 0 Å². The molecule has 0 fully saturated rings. The fourth-order valence-corrected chi connectivity index (χ4v) is 2.89. The molecule has 0 radical (unpaired) electrons. The fraction of sp³-hybridized carbons (Fsp3) is 0.231. The minimum atomic E-state index is 0.208. The molecule has 0 aliphatic carbocycles. The summed E-state index contributed by atoms with van der Waals surface area (Å²) < 4.78 is 0.717. The van der Waals surface area contributed by atoms with Gasteiger partial charge in [-0.1, -0.05) is 43.1 Å². The van der Waals surface area contributed by atoms with Gasteiger partial charge in [-0.25, -0.2) is 9.97 Å². The molecule has 0 aliphatic heterocycles. The molecule has 0 saturated heterocycles. The summed E-state index contributed by atoms with van der Waals surface area (Å²) in [4.78, 5) is 8.78. The van der Waals surface area contributed by atoms with E-state index in [0.29, 0.717) is 27.3 Å². The number of nitrogen functional groups attached to an aromatic ring is 1. The van der Waals surface area contributed by atoms with Crippen LogP contribution >= 0.6 is 39.1 Å². The molecule has 0 amide bonds. The van der Waals surface area contributed by atoms with E-state index in [4.69, 9.17) is 28.9 Å². The van der Waals surface area contributed by atoms with Crippen LogP contribution in [0.5, 0.6) is 0 Å². The Bertz CT molecular complexity index is 609. The van der Waals surface area contributed by atoms with Gasteiger partial charge in [-0.05, 0) is 34.0 Å². The second-order valence-corrected chi connectivity index (χ2v) is 5.99. The van der Waals surface area contributed by atoms with Crippen LogP contribution < -0.4 is 5.73 Å². The van der Waals surface area contributed by atoms with Gasteiger partial charge in [0, 0.05) is 0 Å². The molecule has 2 aromatic rings. The van der Waals surface area contributed by atoms with E-state index < -0.39 is 0 Å². The monoisotopic (exact) mass is 359 g/mol. The maximum atomic E-state index is 6.17. The highest BCUT2D eigenvalue weighted by Gasteiger charge is 2.17. The third-order valence-corrected chi connectivity index (χ3v) is 4.08. The zero-order valence-corrected chi connectivity index (χ0v) is 13.5. The number of nitrogens with two attached hydrogens (primary N) is 1. The van der Waals surface area contributed by atoms with Crippen molar-refractivity contribution in [1.82, 2.24) is 9.97 Å². The summed E-state index contributed by atoms with van der Waals surface area (Å²) in [6.07, 6.45) is 0. The summed E-state index contributed by atoms with van der Waals surface area (Å²) in [5.41, 5.74) is 7.35. The Morgan fingerprint density at radius 3 is 2.26 bits per heavy atom. The van der Waals surface area contributed by atoms with Crippen molar-refractivity contribution in [3.8, 4) is 11.4 Å². The first kappa shape index (κ1) is 14.6. The zero-order chi connectivity index (χ0) is 14.2. The van der Waals surface area contributed by atoms with Crippen LogP contribution in [0, 0.1) is 0 Å². The van der Waals surface area contributed by atoms with E-state index in [1.54, 1.807) is 18.2 Å². The van der Waals surface area contributed by atoms with Crippen molar-refractivity contribution in [2.75, 3.05) is 5.73 Å². The van der Waals surface area contributed by atoms with Crippen LogP contribution in [0.25, 0.3) is 11.4 Å². The highest BCUT2D eigenvalue weighted by molar-refractivity contribution is 9.10. The topological polar surface area (TPSA) is 51.8 Å². The maximum absolute atomic E-state index is 6.17. The summed E-state index contributed by atoms with van der Waals surface area (Å²) >= 11 is 15.8. The minimum absolute atomic E-state index is 0.208. The molecule has 0 atom stereocenters. The average molecular weight is 361 g/mol. The molecule has 2 rings (SSSR count). The van der Waals surface area contributed by atoms with Gasteiger partial charge in [0.2, 0.25) is 0 Å². The van der Waals surface area contributed by atoms with Gasteiger partial charge in [-0.3, -0.25) is 0 Å². The molecule has 100 valence electrons. The van der Waals surface area contributed by atoms with Crippen LogP contribution in [0.4, 0.5) is 5.82 Å². The summed E-state index contributed by atoms with van der Waals surface area (Å²) in [7, 11) is 0. The van der Waals surface area contributed by atoms with Gasteiger partial charge in [0.15, 0.2) is 5.82 Å². The first-order chi connectivity index (χ1) is 8.91. The van der Waals surface area contributed by atoms with Crippen LogP contribution in [-0.4, -0.2) is 9.97 Å². The lowest BCUT2D eigenvalue weighted by Gasteiger charge is -2.13. The summed E-state index contributed by atoms with van der Waals surface area (Å²) in [5.74, 6) is 1.03. The first-order valence-electron chi connectivity index (χ1n) is 5.69. The van der Waals surface area contributed by atoms with Crippen LogP contribution in [0.15, 0.2) is 22.7 Å². The Hall–Kier alpha value is -0.840. The second-order valence-electron chi connectivity index (χ2n) is 4.38. The van der Waals surface area contributed by atoms with Crippen molar-refractivity contribution in [3.05, 3.63) is 38.4 Å². The highest BCUT2D eigenvalue weighted by atomic mass is 79.9. The van der Waals surface area contributed by atoms with E-state index in [1.165, 1.54) is 0 Å². The maximum Gasteiger partial charge on any atom is 0.164 e. The van der Waals surface area contributed by atoms with Gasteiger partial charge in [0.25, 0.3) is 0 Å². The number of aromatic nitrogens is 2. The highest BCUT2D eigenvalue weighted by Crippen LogP contribution is 2.35. The normalized spacial score (nSPS) is 11.1. The van der Waals surface area contributed by atoms with Crippen molar-refractivity contribution >= 4 is 44.9 Å². The SMILES string of the molecule is CC(C)c1nc(-c2c(Cl)cccc2Cl)nc(N)c1Br. The smallest absolute Gasteiger partial charge is 0.164 e. The molecule has 2 N–H and O–H groups in total. The van der Waals surface area contributed by atoms with Crippen molar-refractivity contribution < 1.29 is 0 Å². The van der Waals surface area contributed by atoms with Gasteiger partial charge in [0.05, 0.1) is 25.8 Å². The first-order valence-corrected chi connectivity index (χ1v) is 7.24. The standard InChI is InChI=1S/C13H12BrCl2N3/c1-6(2)11-10(14)12(17)19-13(18-11)9-7(15)4-3-5-8(9)16/h3-6H,1-2H3,(H2,17,18,19). The molecular formula is C13H12BrCl2N3. The number of benzene rings is 1. The lowest BCUT2D eigenvalue weighted by Crippen LogP contribution is -2.04. The van der Waals surface area contributed by atoms with Crippen LogP contribution in [-0.2, 0) is 0 Å². The zero-order valence-electron chi connectivity index (χ0n) is 10.4. The number of nitrogens with zero attached hydrogens (tertiary/aromatic N) is 2. The Morgan fingerprint density at radius 1 is 1.16 bits per heavy atom. The molecular weight excluding hydrogens is 349 g/mol. The molecule has 0 bridgehead atoms. The number of rotatable bonds is 2. The number of hydrogen-bond donors (Lipinski definition) is 1. The number of anilines is 1. The Labute approximate surface area is 130 Å². The van der Waals surface area contributed by atoms with Gasteiger partial charge >= 0.3 is 0 Å². The van der Waals surface area contributed by atoms with Crippen molar-refractivity contribution in [2.45, 2.75) is 19.8 Å². The summed E-state index contributed by atoms with van der Waals surface area (Å²) in [6, 6.07) is 5.28. The third kappa shape index (κ3) is 2.86. The minimum Gasteiger partial charge on any atom is -0.383 e. The van der Waals surface area contributed by atoms with Crippen molar-refractivity contribution in [3.63, 3.8) is 0 Å².